The van der Waals surface area contributed by atoms with E-state index >= 15 is 0 Å². The fourth-order valence-corrected chi connectivity index (χ4v) is 2.91. The third-order valence-electron chi connectivity index (χ3n) is 4.04. The number of nitrogens with one attached hydrogen (secondary N) is 2. The fourth-order valence-electron chi connectivity index (χ4n) is 2.91. The van der Waals surface area contributed by atoms with Crippen LogP contribution < -0.4 is 15.5 Å². The molecule has 0 bridgehead atoms. The Labute approximate surface area is 139 Å². The number of fused-ring (bicyclic) bond motifs is 1. The van der Waals surface area contributed by atoms with Crippen LogP contribution >= 0.6 is 0 Å². The highest BCUT2D eigenvalue weighted by atomic mass is 19.1. The number of urea groups is 1. The van der Waals surface area contributed by atoms with Gasteiger partial charge in [-0.15, -0.1) is 0 Å². The smallest absolute Gasteiger partial charge is 0.326 e. The molecule has 6 heteroatoms. The van der Waals surface area contributed by atoms with E-state index in [2.05, 4.69) is 10.6 Å². The van der Waals surface area contributed by atoms with E-state index in [1.54, 1.807) is 6.07 Å². The van der Waals surface area contributed by atoms with Gasteiger partial charge in [-0.25, -0.2) is 9.18 Å². The average molecular weight is 327 g/mol. The molecular formula is C18H18FN3O2. The van der Waals surface area contributed by atoms with Crippen molar-refractivity contribution >= 4 is 23.3 Å². The zero-order valence-electron chi connectivity index (χ0n) is 13.3. The van der Waals surface area contributed by atoms with E-state index < -0.39 is 17.8 Å². The van der Waals surface area contributed by atoms with Gasteiger partial charge in [-0.3, -0.25) is 10.1 Å². The topological polar surface area (TPSA) is 61.4 Å². The predicted molar refractivity (Wildman–Crippen MR) is 90.5 cm³/mol. The summed E-state index contributed by atoms with van der Waals surface area (Å²) in [5.74, 6) is -0.991. The molecule has 0 saturated carbocycles. The van der Waals surface area contributed by atoms with Gasteiger partial charge in [0.15, 0.2) is 0 Å². The number of halogens is 1. The largest absolute Gasteiger partial charge is 0.359 e. The highest BCUT2D eigenvalue weighted by Gasteiger charge is 2.27. The zero-order valence-corrected chi connectivity index (χ0v) is 13.3. The molecule has 1 aliphatic rings. The number of benzene rings is 2. The highest BCUT2D eigenvalue weighted by Crippen LogP contribution is 2.31. The average Bonchev–Trinajstić information content (AvgIpc) is 2.85. The van der Waals surface area contributed by atoms with Gasteiger partial charge in [-0.1, -0.05) is 30.3 Å². The Morgan fingerprint density at radius 3 is 2.67 bits per heavy atom. The summed E-state index contributed by atoms with van der Waals surface area (Å²) in [6.07, 6.45) is 0.866. The zero-order chi connectivity index (χ0) is 17.1. The third kappa shape index (κ3) is 3.37. The number of hydrogen-bond acceptors (Lipinski definition) is 3. The predicted octanol–water partition coefficient (Wildman–Crippen LogP) is 2.93. The molecule has 3 amide bonds. The summed E-state index contributed by atoms with van der Waals surface area (Å²) in [6, 6.07) is 13.1. The van der Waals surface area contributed by atoms with Crippen LogP contribution in [0.2, 0.25) is 0 Å². The molecule has 2 aromatic rings. The number of carbonyl (C=O) groups excluding carboxylic acids is 2. The number of rotatable bonds is 3. The van der Waals surface area contributed by atoms with Crippen molar-refractivity contribution in [2.45, 2.75) is 19.4 Å². The van der Waals surface area contributed by atoms with Crippen molar-refractivity contribution in [1.29, 1.82) is 0 Å². The molecule has 5 nitrogen and oxygen atoms in total. The van der Waals surface area contributed by atoms with Crippen LogP contribution in [0.5, 0.6) is 0 Å². The lowest BCUT2D eigenvalue weighted by Gasteiger charge is -2.24. The molecule has 0 saturated heterocycles. The summed E-state index contributed by atoms with van der Waals surface area (Å²) in [7, 11) is 0. The van der Waals surface area contributed by atoms with Crippen LogP contribution in [-0.4, -0.2) is 24.5 Å². The first-order chi connectivity index (χ1) is 11.5. The molecule has 0 spiro atoms. The minimum atomic E-state index is -0.745. The van der Waals surface area contributed by atoms with E-state index in [1.165, 1.54) is 23.8 Å². The molecule has 0 unspecified atom stereocenters. The summed E-state index contributed by atoms with van der Waals surface area (Å²) in [5.41, 5.74) is 2.23. The van der Waals surface area contributed by atoms with Crippen molar-refractivity contribution in [3.05, 3.63) is 59.9 Å². The van der Waals surface area contributed by atoms with Gasteiger partial charge in [0.1, 0.15) is 5.82 Å². The molecule has 0 aliphatic carbocycles. The van der Waals surface area contributed by atoms with Crippen molar-refractivity contribution in [3.8, 4) is 0 Å². The van der Waals surface area contributed by atoms with Crippen molar-refractivity contribution in [2.75, 3.05) is 16.8 Å². The molecule has 3 rings (SSSR count). The summed E-state index contributed by atoms with van der Waals surface area (Å²) in [5, 5.41) is 4.57. The summed E-state index contributed by atoms with van der Waals surface area (Å²) >= 11 is 0. The second-order valence-electron chi connectivity index (χ2n) is 5.79. The van der Waals surface area contributed by atoms with Crippen LogP contribution in [0.4, 0.5) is 20.6 Å². The Morgan fingerprint density at radius 1 is 1.17 bits per heavy atom. The number of carbonyl (C=O) groups is 2. The summed E-state index contributed by atoms with van der Waals surface area (Å²) < 4.78 is 13.5. The van der Waals surface area contributed by atoms with Crippen molar-refractivity contribution in [2.24, 2.45) is 0 Å². The van der Waals surface area contributed by atoms with Crippen LogP contribution in [0.1, 0.15) is 12.5 Å². The lowest BCUT2D eigenvalue weighted by Crippen LogP contribution is -2.43. The van der Waals surface area contributed by atoms with Crippen LogP contribution in [0, 0.1) is 5.82 Å². The Kier molecular flexibility index (Phi) is 4.46. The van der Waals surface area contributed by atoms with Crippen molar-refractivity contribution in [1.82, 2.24) is 5.32 Å². The molecule has 24 heavy (non-hydrogen) atoms. The van der Waals surface area contributed by atoms with Gasteiger partial charge in [-0.2, -0.15) is 0 Å². The SMILES string of the molecule is C[C@H]1Cc2ccccc2N1CC(=O)NC(=O)Nc1ccccc1F. The lowest BCUT2D eigenvalue weighted by atomic mass is 10.1. The highest BCUT2D eigenvalue weighted by molar-refractivity contribution is 6.02. The van der Waals surface area contributed by atoms with Gasteiger partial charge < -0.3 is 10.2 Å². The van der Waals surface area contributed by atoms with E-state index in [1.807, 2.05) is 36.1 Å². The van der Waals surface area contributed by atoms with E-state index in [0.717, 1.165) is 12.1 Å². The Balaban J connectivity index is 1.60. The normalized spacial score (nSPS) is 15.8. The molecule has 0 fully saturated rings. The number of imide groups is 1. The third-order valence-corrected chi connectivity index (χ3v) is 4.04. The van der Waals surface area contributed by atoms with Gasteiger partial charge in [0.2, 0.25) is 5.91 Å². The van der Waals surface area contributed by atoms with Gasteiger partial charge in [0.25, 0.3) is 0 Å². The number of anilines is 2. The number of nitrogens with zero attached hydrogens (tertiary/aromatic N) is 1. The monoisotopic (exact) mass is 327 g/mol. The molecule has 0 radical (unpaired) electrons. The van der Waals surface area contributed by atoms with E-state index in [-0.39, 0.29) is 18.3 Å². The maximum Gasteiger partial charge on any atom is 0.326 e. The number of hydrogen-bond donors (Lipinski definition) is 2. The Hall–Kier alpha value is -2.89. The Morgan fingerprint density at radius 2 is 1.88 bits per heavy atom. The fraction of sp³-hybridized carbons (Fsp3) is 0.222. The second-order valence-corrected chi connectivity index (χ2v) is 5.79. The molecule has 2 N–H and O–H groups in total. The molecule has 0 aromatic heterocycles. The standard InChI is InChI=1S/C18H18FN3O2/c1-12-10-13-6-2-5-9-16(13)22(12)11-17(23)21-18(24)20-15-8-4-3-7-14(15)19/h2-9,12H,10-11H2,1H3,(H2,20,21,23,24)/t12-/m0/s1. The molecular weight excluding hydrogens is 309 g/mol. The lowest BCUT2D eigenvalue weighted by molar-refractivity contribution is -0.118. The van der Waals surface area contributed by atoms with Gasteiger partial charge in [0, 0.05) is 11.7 Å². The molecule has 1 atom stereocenters. The first-order valence-corrected chi connectivity index (χ1v) is 7.74. The van der Waals surface area contributed by atoms with Crippen LogP contribution in [0.25, 0.3) is 0 Å². The number of para-hydroxylation sites is 2. The van der Waals surface area contributed by atoms with Gasteiger partial charge >= 0.3 is 6.03 Å². The van der Waals surface area contributed by atoms with E-state index in [9.17, 15) is 14.0 Å². The van der Waals surface area contributed by atoms with Crippen LogP contribution in [-0.2, 0) is 11.2 Å². The van der Waals surface area contributed by atoms with Crippen LogP contribution in [0.3, 0.4) is 0 Å². The first-order valence-electron chi connectivity index (χ1n) is 7.74. The molecule has 1 heterocycles. The van der Waals surface area contributed by atoms with Gasteiger partial charge in [-0.05, 0) is 37.1 Å². The summed E-state index contributed by atoms with van der Waals surface area (Å²) in [6.45, 7) is 2.11. The second kappa shape index (κ2) is 6.70. The van der Waals surface area contributed by atoms with Crippen molar-refractivity contribution in [3.63, 3.8) is 0 Å². The molecule has 2 aromatic carbocycles. The minimum Gasteiger partial charge on any atom is -0.359 e. The summed E-state index contributed by atoms with van der Waals surface area (Å²) in [4.78, 5) is 25.9. The first kappa shape index (κ1) is 16.0. The maximum absolute atomic E-state index is 13.5. The molecule has 124 valence electrons. The number of amides is 3. The quantitative estimate of drug-likeness (QED) is 0.911. The Bertz CT molecular complexity index is 778. The maximum atomic E-state index is 13.5. The van der Waals surface area contributed by atoms with Gasteiger partial charge in [0.05, 0.1) is 12.2 Å². The minimum absolute atomic E-state index is 0.0303. The molecule has 1 aliphatic heterocycles. The van der Waals surface area contributed by atoms with Crippen molar-refractivity contribution < 1.29 is 14.0 Å². The van der Waals surface area contributed by atoms with E-state index in [4.69, 9.17) is 0 Å². The van der Waals surface area contributed by atoms with Crippen LogP contribution in [0.15, 0.2) is 48.5 Å². The van der Waals surface area contributed by atoms with E-state index in [0.29, 0.717) is 0 Å².